The minimum atomic E-state index is 0.696. The predicted octanol–water partition coefficient (Wildman–Crippen LogP) is 2.45. The lowest BCUT2D eigenvalue weighted by Crippen LogP contribution is -1.86. The number of hydrogen-bond donors (Lipinski definition) is 0. The van der Waals surface area contributed by atoms with Gasteiger partial charge in [0.05, 0.1) is 0 Å². The first kappa shape index (κ1) is 8.81. The summed E-state index contributed by atoms with van der Waals surface area (Å²) >= 11 is 0. The minimum Gasteiger partial charge on any atom is -0.251 e. The molecule has 0 atom stereocenters. The normalized spacial score (nSPS) is 11.2. The average Bonchev–Trinajstić information content (AvgIpc) is 2.26. The molecule has 0 unspecified atom stereocenters. The summed E-state index contributed by atoms with van der Waals surface area (Å²) in [6.07, 6.45) is 10.3. The van der Waals surface area contributed by atoms with Gasteiger partial charge >= 0.3 is 0 Å². The molecular formula is C11H11N3. The molecule has 0 saturated carbocycles. The second-order valence-corrected chi connectivity index (χ2v) is 2.98. The number of allylic oxidation sites excluding steroid dienone is 1. The van der Waals surface area contributed by atoms with Crippen LogP contribution in [0.1, 0.15) is 18.9 Å². The van der Waals surface area contributed by atoms with Crippen molar-refractivity contribution in [3.05, 3.63) is 36.3 Å². The summed E-state index contributed by atoms with van der Waals surface area (Å²) in [5.41, 5.74) is 2.60. The van der Waals surface area contributed by atoms with Gasteiger partial charge in [-0.15, -0.1) is 0 Å². The van der Waals surface area contributed by atoms with E-state index in [0.717, 1.165) is 17.5 Å². The molecule has 0 spiro atoms. The van der Waals surface area contributed by atoms with E-state index in [9.17, 15) is 0 Å². The van der Waals surface area contributed by atoms with Crippen molar-refractivity contribution < 1.29 is 0 Å². The summed E-state index contributed by atoms with van der Waals surface area (Å²) in [6, 6.07) is 1.99. The quantitative estimate of drug-likeness (QED) is 0.721. The monoisotopic (exact) mass is 185 g/mol. The van der Waals surface area contributed by atoms with Gasteiger partial charge in [-0.05, 0) is 18.1 Å². The molecule has 0 bridgehead atoms. The zero-order chi connectivity index (χ0) is 9.80. The molecule has 0 aromatic carbocycles. The first-order chi connectivity index (χ1) is 6.90. The highest BCUT2D eigenvalue weighted by Gasteiger charge is 1.95. The maximum atomic E-state index is 4.21. The smallest absolute Gasteiger partial charge is 0.178 e. The van der Waals surface area contributed by atoms with E-state index in [2.05, 4.69) is 28.0 Å². The number of pyridine rings is 1. The van der Waals surface area contributed by atoms with Crippen molar-refractivity contribution in [2.45, 2.75) is 13.3 Å². The first-order valence-corrected chi connectivity index (χ1v) is 4.63. The van der Waals surface area contributed by atoms with Crippen LogP contribution in [0.15, 0.2) is 30.7 Å². The first-order valence-electron chi connectivity index (χ1n) is 4.63. The van der Waals surface area contributed by atoms with Gasteiger partial charge in [0.1, 0.15) is 5.52 Å². The Hall–Kier alpha value is -1.77. The van der Waals surface area contributed by atoms with E-state index in [1.54, 1.807) is 12.4 Å². The van der Waals surface area contributed by atoms with Crippen LogP contribution in [0.2, 0.25) is 0 Å². The van der Waals surface area contributed by atoms with Gasteiger partial charge in [-0.2, -0.15) is 0 Å². The number of aromatic nitrogens is 3. The fourth-order valence-electron chi connectivity index (χ4n) is 1.22. The van der Waals surface area contributed by atoms with Crippen LogP contribution in [0.4, 0.5) is 0 Å². The summed E-state index contributed by atoms with van der Waals surface area (Å²) in [5, 5.41) is 0. The van der Waals surface area contributed by atoms with E-state index >= 15 is 0 Å². The van der Waals surface area contributed by atoms with Crippen LogP contribution in [0, 0.1) is 0 Å². The second-order valence-electron chi connectivity index (χ2n) is 2.98. The molecule has 0 aliphatic heterocycles. The van der Waals surface area contributed by atoms with E-state index in [1.165, 1.54) is 0 Å². The molecule has 2 rings (SSSR count). The lowest BCUT2D eigenvalue weighted by Gasteiger charge is -1.95. The average molecular weight is 185 g/mol. The van der Waals surface area contributed by atoms with E-state index < -0.39 is 0 Å². The molecule has 3 heteroatoms. The van der Waals surface area contributed by atoms with Gasteiger partial charge in [0.25, 0.3) is 0 Å². The third kappa shape index (κ3) is 1.76. The largest absolute Gasteiger partial charge is 0.251 e. The van der Waals surface area contributed by atoms with Crippen molar-refractivity contribution in [1.29, 1.82) is 0 Å². The number of nitrogens with zero attached hydrogens (tertiary/aromatic N) is 3. The molecule has 2 aromatic rings. The Bertz CT molecular complexity index is 463. The Labute approximate surface area is 82.5 Å². The Balaban J connectivity index is 2.46. The topological polar surface area (TPSA) is 38.7 Å². The molecule has 0 radical (unpaired) electrons. The number of fused-ring (bicyclic) bond motifs is 1. The van der Waals surface area contributed by atoms with Crippen molar-refractivity contribution in [2.75, 3.05) is 0 Å². The molecule has 0 amide bonds. The van der Waals surface area contributed by atoms with Crippen molar-refractivity contribution in [1.82, 2.24) is 15.0 Å². The van der Waals surface area contributed by atoms with E-state index in [1.807, 2.05) is 18.3 Å². The summed E-state index contributed by atoms with van der Waals surface area (Å²) < 4.78 is 0. The molecule has 0 N–H and O–H groups in total. The van der Waals surface area contributed by atoms with Gasteiger partial charge in [-0.25, -0.2) is 9.97 Å². The highest BCUT2D eigenvalue weighted by molar-refractivity contribution is 5.72. The molecule has 0 aliphatic carbocycles. The van der Waals surface area contributed by atoms with Crippen molar-refractivity contribution in [3.8, 4) is 0 Å². The molecule has 3 nitrogen and oxygen atoms in total. The van der Waals surface area contributed by atoms with Crippen LogP contribution in [0.25, 0.3) is 17.2 Å². The highest BCUT2D eigenvalue weighted by atomic mass is 14.9. The molecule has 2 heterocycles. The van der Waals surface area contributed by atoms with Gasteiger partial charge < -0.3 is 0 Å². The van der Waals surface area contributed by atoms with Crippen LogP contribution in [0.5, 0.6) is 0 Å². The van der Waals surface area contributed by atoms with Crippen LogP contribution in [0.3, 0.4) is 0 Å². The summed E-state index contributed by atoms with van der Waals surface area (Å²) in [7, 11) is 0. The Kier molecular flexibility index (Phi) is 2.49. The van der Waals surface area contributed by atoms with Gasteiger partial charge in [-0.1, -0.05) is 19.1 Å². The number of rotatable bonds is 2. The van der Waals surface area contributed by atoms with Gasteiger partial charge in [0.15, 0.2) is 5.65 Å². The molecule has 70 valence electrons. The fraction of sp³-hybridized carbons (Fsp3) is 0.182. The second kappa shape index (κ2) is 3.96. The Morgan fingerprint density at radius 2 is 2.07 bits per heavy atom. The van der Waals surface area contributed by atoms with Gasteiger partial charge in [-0.3, -0.25) is 4.98 Å². The van der Waals surface area contributed by atoms with Crippen LogP contribution in [-0.4, -0.2) is 15.0 Å². The van der Waals surface area contributed by atoms with Gasteiger partial charge in [0.2, 0.25) is 0 Å². The van der Waals surface area contributed by atoms with E-state index in [0.29, 0.717) is 5.65 Å². The Morgan fingerprint density at radius 1 is 1.21 bits per heavy atom. The molecule has 0 fully saturated rings. The lowest BCUT2D eigenvalue weighted by atomic mass is 10.2. The van der Waals surface area contributed by atoms with Crippen LogP contribution < -0.4 is 0 Å². The summed E-state index contributed by atoms with van der Waals surface area (Å²) in [6.45, 7) is 2.10. The van der Waals surface area contributed by atoms with Crippen molar-refractivity contribution in [3.63, 3.8) is 0 Å². The molecule has 0 aliphatic rings. The third-order valence-electron chi connectivity index (χ3n) is 1.89. The van der Waals surface area contributed by atoms with Crippen LogP contribution >= 0.6 is 0 Å². The van der Waals surface area contributed by atoms with E-state index in [4.69, 9.17) is 0 Å². The molecule has 0 saturated heterocycles. The SMILES string of the molecule is CC/C=C/c1cnc2nccnc2c1. The van der Waals surface area contributed by atoms with Crippen molar-refractivity contribution >= 4 is 17.2 Å². The minimum absolute atomic E-state index is 0.696. The summed E-state index contributed by atoms with van der Waals surface area (Å²) in [5.74, 6) is 0. The van der Waals surface area contributed by atoms with Crippen molar-refractivity contribution in [2.24, 2.45) is 0 Å². The Morgan fingerprint density at radius 3 is 2.93 bits per heavy atom. The zero-order valence-electron chi connectivity index (χ0n) is 8.01. The predicted molar refractivity (Wildman–Crippen MR) is 56.7 cm³/mol. The van der Waals surface area contributed by atoms with Gasteiger partial charge in [0, 0.05) is 18.6 Å². The fourth-order valence-corrected chi connectivity index (χ4v) is 1.22. The molecule has 14 heavy (non-hydrogen) atoms. The molecule has 2 aromatic heterocycles. The number of hydrogen-bond acceptors (Lipinski definition) is 3. The zero-order valence-corrected chi connectivity index (χ0v) is 8.01. The maximum absolute atomic E-state index is 4.21. The maximum Gasteiger partial charge on any atom is 0.178 e. The van der Waals surface area contributed by atoms with Crippen LogP contribution in [-0.2, 0) is 0 Å². The van der Waals surface area contributed by atoms with E-state index in [-0.39, 0.29) is 0 Å². The standard InChI is InChI=1S/C11H11N3/c1-2-3-4-9-7-10-11(14-8-9)13-6-5-12-10/h3-8H,2H2,1H3/b4-3+. The highest BCUT2D eigenvalue weighted by Crippen LogP contribution is 2.08. The lowest BCUT2D eigenvalue weighted by molar-refractivity contribution is 1.21. The molecular weight excluding hydrogens is 174 g/mol. The summed E-state index contributed by atoms with van der Waals surface area (Å²) in [4.78, 5) is 12.5. The third-order valence-corrected chi connectivity index (χ3v) is 1.89.